The molecule has 0 aliphatic rings. The van der Waals surface area contributed by atoms with E-state index in [0.717, 1.165) is 4.47 Å². The number of hydrogen-bond donors (Lipinski definition) is 5. The summed E-state index contributed by atoms with van der Waals surface area (Å²) in [6.45, 7) is 3.88. The molecule has 1 aromatic carbocycles. The van der Waals surface area contributed by atoms with Crippen LogP contribution in [0.5, 0.6) is 0 Å². The van der Waals surface area contributed by atoms with Crippen LogP contribution in [0.2, 0.25) is 0 Å². The number of ketones is 1. The van der Waals surface area contributed by atoms with Gasteiger partial charge in [-0.3, -0.25) is 9.59 Å². The van der Waals surface area contributed by atoms with E-state index in [-0.39, 0.29) is 44.5 Å². The van der Waals surface area contributed by atoms with Crippen molar-refractivity contribution in [1.29, 1.82) is 0 Å². The number of nitrogens with two attached hydrogens (primary N) is 1. The number of hydrazine groups is 1. The van der Waals surface area contributed by atoms with E-state index in [9.17, 15) is 29.8 Å². The first kappa shape index (κ1) is 30.5. The predicted molar refractivity (Wildman–Crippen MR) is 131 cm³/mol. The van der Waals surface area contributed by atoms with Gasteiger partial charge in [-0.05, 0) is 37.3 Å². The maximum Gasteiger partial charge on any atom is 0.475 e. The van der Waals surface area contributed by atoms with Gasteiger partial charge in [0, 0.05) is 28.9 Å². The third kappa shape index (κ3) is 12.3. The Kier molecular flexibility index (Phi) is 14.2. The molecule has 1 aromatic rings. The van der Waals surface area contributed by atoms with Crippen LogP contribution in [0.25, 0.3) is 0 Å². The Balaban J connectivity index is 0.0000102. The second kappa shape index (κ2) is 15.4. The Morgan fingerprint density at radius 3 is 2.39 bits per heavy atom. The van der Waals surface area contributed by atoms with E-state index in [4.69, 9.17) is 5.73 Å². The largest absolute Gasteiger partial charge is 0.475 e. The van der Waals surface area contributed by atoms with Gasteiger partial charge in [0.15, 0.2) is 10.8 Å². The maximum absolute atomic E-state index is 12.9. The number of nitro groups is 1. The van der Waals surface area contributed by atoms with Crippen molar-refractivity contribution in [2.45, 2.75) is 52.9 Å². The van der Waals surface area contributed by atoms with Gasteiger partial charge in [-0.1, -0.05) is 54.8 Å². The van der Waals surface area contributed by atoms with E-state index in [1.54, 1.807) is 29.7 Å². The molecule has 33 heavy (non-hydrogen) atoms. The SMILES string of the molecule is C.CC(C)C[C@H](NC(=O)[C@H](CCCN=C(N)N[N+](=O)[O-])CC(=O)c1ccc(Br)cc1)B(O)O. The summed E-state index contributed by atoms with van der Waals surface area (Å²) in [5.41, 5.74) is 7.54. The van der Waals surface area contributed by atoms with Crippen molar-refractivity contribution < 1.29 is 24.7 Å². The van der Waals surface area contributed by atoms with E-state index in [1.165, 1.54) is 0 Å². The van der Waals surface area contributed by atoms with Crippen LogP contribution >= 0.6 is 15.9 Å². The Hall–Kier alpha value is -2.51. The number of benzene rings is 1. The zero-order valence-corrected chi connectivity index (χ0v) is 19.6. The highest BCUT2D eigenvalue weighted by Crippen LogP contribution is 2.19. The van der Waals surface area contributed by atoms with Gasteiger partial charge in [0.05, 0.1) is 5.94 Å². The molecule has 0 aliphatic heterocycles. The van der Waals surface area contributed by atoms with Crippen LogP contribution in [-0.4, -0.2) is 52.3 Å². The van der Waals surface area contributed by atoms with Crippen molar-refractivity contribution in [2.75, 3.05) is 6.54 Å². The van der Waals surface area contributed by atoms with Crippen molar-refractivity contribution >= 4 is 40.7 Å². The predicted octanol–water partition coefficient (Wildman–Crippen LogP) is 1.69. The van der Waals surface area contributed by atoms with E-state index in [0.29, 0.717) is 18.4 Å². The zero-order chi connectivity index (χ0) is 24.3. The molecular weight excluding hydrogens is 497 g/mol. The van der Waals surface area contributed by atoms with Gasteiger partial charge >= 0.3 is 7.12 Å². The highest BCUT2D eigenvalue weighted by atomic mass is 79.9. The standard InChI is InChI=1S/C19H29BBrN5O6.CH4/c1-12(2)10-17(20(29)30)24-18(28)14(4-3-9-23-19(22)25-26(31)32)11-16(27)13-5-7-15(21)8-6-13;/h5-8,12,14,17,29-30H,3-4,9-11H2,1-2H3,(H,24,28)(H3,22,23,25);1H4/t14-,17+;/m1./s1. The average molecular weight is 530 g/mol. The van der Waals surface area contributed by atoms with Gasteiger partial charge in [-0.15, -0.1) is 0 Å². The van der Waals surface area contributed by atoms with Gasteiger partial charge in [0.1, 0.15) is 0 Å². The number of guanidine groups is 1. The molecular formula is C20H33BBrN5O6. The summed E-state index contributed by atoms with van der Waals surface area (Å²) in [4.78, 5) is 39.7. The molecule has 0 saturated carbocycles. The lowest BCUT2D eigenvalue weighted by Crippen LogP contribution is -2.49. The Morgan fingerprint density at radius 2 is 1.88 bits per heavy atom. The lowest BCUT2D eigenvalue weighted by Gasteiger charge is -2.23. The summed E-state index contributed by atoms with van der Waals surface area (Å²) < 4.78 is 0.815. The Labute approximate surface area is 202 Å². The topological polar surface area (TPSA) is 180 Å². The molecule has 6 N–H and O–H groups in total. The summed E-state index contributed by atoms with van der Waals surface area (Å²) in [5.74, 6) is -2.58. The van der Waals surface area contributed by atoms with Gasteiger partial charge in [0.25, 0.3) is 5.96 Å². The third-order valence-electron chi connectivity index (χ3n) is 4.58. The molecule has 0 fully saturated rings. The lowest BCUT2D eigenvalue weighted by molar-refractivity contribution is -0.525. The van der Waals surface area contributed by atoms with E-state index < -0.39 is 29.9 Å². The summed E-state index contributed by atoms with van der Waals surface area (Å²) >= 11 is 3.30. The molecule has 1 amide bonds. The molecule has 11 nitrogen and oxygen atoms in total. The molecule has 0 heterocycles. The second-order valence-electron chi connectivity index (χ2n) is 7.77. The van der Waals surface area contributed by atoms with Gasteiger partial charge in [0.2, 0.25) is 5.91 Å². The number of rotatable bonds is 13. The molecule has 0 aromatic heterocycles. The fourth-order valence-electron chi connectivity index (χ4n) is 3.03. The van der Waals surface area contributed by atoms with Gasteiger partial charge in [-0.2, -0.15) is 0 Å². The highest BCUT2D eigenvalue weighted by molar-refractivity contribution is 9.10. The number of aliphatic imine (C=N–C) groups is 1. The van der Waals surface area contributed by atoms with Crippen molar-refractivity contribution in [1.82, 2.24) is 10.7 Å². The van der Waals surface area contributed by atoms with Crippen LogP contribution in [0.3, 0.4) is 0 Å². The first-order valence-electron chi connectivity index (χ1n) is 10.2. The van der Waals surface area contributed by atoms with Gasteiger partial charge in [-0.25, -0.2) is 15.1 Å². The molecule has 0 unspecified atom stereocenters. The van der Waals surface area contributed by atoms with Crippen LogP contribution in [0.15, 0.2) is 33.7 Å². The quantitative estimate of drug-likeness (QED) is 0.0486. The highest BCUT2D eigenvalue weighted by Gasteiger charge is 2.30. The lowest BCUT2D eigenvalue weighted by atomic mass is 9.74. The summed E-state index contributed by atoms with van der Waals surface area (Å²) in [6, 6.07) is 6.75. The van der Waals surface area contributed by atoms with Crippen molar-refractivity contribution in [2.24, 2.45) is 22.6 Å². The fourth-order valence-corrected chi connectivity index (χ4v) is 3.30. The van der Waals surface area contributed by atoms with Crippen LogP contribution in [0.1, 0.15) is 57.3 Å². The molecule has 0 radical (unpaired) electrons. The summed E-state index contributed by atoms with van der Waals surface area (Å²) in [7, 11) is -1.73. The smallest absolute Gasteiger partial charge is 0.426 e. The average Bonchev–Trinajstić information content (AvgIpc) is 2.69. The number of carbonyl (C=O) groups is 2. The van der Waals surface area contributed by atoms with Crippen LogP contribution in [-0.2, 0) is 4.79 Å². The summed E-state index contributed by atoms with van der Waals surface area (Å²) in [5, 5.41) is 31.3. The van der Waals surface area contributed by atoms with E-state index in [2.05, 4.69) is 26.2 Å². The molecule has 2 atom stereocenters. The first-order valence-corrected chi connectivity index (χ1v) is 10.9. The van der Waals surface area contributed by atoms with E-state index in [1.807, 2.05) is 13.8 Å². The fraction of sp³-hybridized carbons (Fsp3) is 0.550. The molecule has 13 heteroatoms. The Bertz CT molecular complexity index is 807. The van der Waals surface area contributed by atoms with Crippen LogP contribution in [0, 0.1) is 22.0 Å². The molecule has 1 rings (SSSR count). The van der Waals surface area contributed by atoms with Crippen molar-refractivity contribution in [3.8, 4) is 0 Å². The minimum atomic E-state index is -1.73. The number of Topliss-reactive ketones (excluding diaryl/α,β-unsaturated/α-hetero) is 1. The zero-order valence-electron chi connectivity index (χ0n) is 18.0. The van der Waals surface area contributed by atoms with Crippen molar-refractivity contribution in [3.63, 3.8) is 0 Å². The maximum atomic E-state index is 12.9. The first-order chi connectivity index (χ1) is 15.0. The molecule has 0 saturated heterocycles. The minimum Gasteiger partial charge on any atom is -0.426 e. The number of halogens is 1. The second-order valence-corrected chi connectivity index (χ2v) is 8.68. The number of nitrogens with one attached hydrogen (secondary N) is 2. The van der Waals surface area contributed by atoms with Crippen LogP contribution < -0.4 is 16.5 Å². The molecule has 184 valence electrons. The molecule has 0 bridgehead atoms. The number of amides is 1. The molecule has 0 spiro atoms. The monoisotopic (exact) mass is 529 g/mol. The number of nitrogens with zero attached hydrogens (tertiary/aromatic N) is 2. The van der Waals surface area contributed by atoms with Crippen molar-refractivity contribution in [3.05, 3.63) is 44.4 Å². The minimum absolute atomic E-state index is 0. The number of carbonyl (C=O) groups excluding carboxylic acids is 2. The Morgan fingerprint density at radius 1 is 1.27 bits per heavy atom. The normalized spacial score (nSPS) is 13.0. The third-order valence-corrected chi connectivity index (χ3v) is 5.11. The van der Waals surface area contributed by atoms with Gasteiger partial charge < -0.3 is 21.1 Å². The van der Waals surface area contributed by atoms with E-state index >= 15 is 0 Å². The van der Waals surface area contributed by atoms with Crippen LogP contribution in [0.4, 0.5) is 0 Å². The summed E-state index contributed by atoms with van der Waals surface area (Å²) in [6.07, 6.45) is 0.849. The molecule has 0 aliphatic carbocycles. The number of hydrogen-bond acceptors (Lipinski definition) is 7.